The van der Waals surface area contributed by atoms with Gasteiger partial charge in [0.25, 0.3) is 0 Å². The highest BCUT2D eigenvalue weighted by molar-refractivity contribution is 6.03. The van der Waals surface area contributed by atoms with Crippen LogP contribution in [0, 0.1) is 11.8 Å². The summed E-state index contributed by atoms with van der Waals surface area (Å²) in [7, 11) is 0. The number of carbonyl (C=O) groups is 20. The molecular formula is C92H119N19O30. The number of nitrogens with zero attached hydrogens (tertiary/aromatic N) is 1. The van der Waals surface area contributed by atoms with Crippen LogP contribution in [-0.4, -0.2) is 309 Å². The summed E-state index contributed by atoms with van der Waals surface area (Å²) < 4.78 is 0. The number of aromatic hydroxyl groups is 4. The topological polar surface area (TPSA) is 795 Å². The summed E-state index contributed by atoms with van der Waals surface area (Å²) in [4.78, 5) is 278. The highest BCUT2D eigenvalue weighted by Crippen LogP contribution is 2.25. The molecule has 1 aromatic heterocycles. The molecule has 0 radical (unpaired) electrons. The van der Waals surface area contributed by atoms with E-state index in [0.29, 0.717) is 34.0 Å². The number of amides is 17. The molecule has 1 fully saturated rings. The number of aliphatic hydroxyl groups is 3. The van der Waals surface area contributed by atoms with Crippen LogP contribution in [0.25, 0.3) is 10.9 Å². The van der Waals surface area contributed by atoms with Gasteiger partial charge in [-0.3, -0.25) is 95.9 Å². The number of H-pyrrole nitrogens is 1. The van der Waals surface area contributed by atoms with Crippen molar-refractivity contribution in [3.8, 4) is 23.0 Å². The molecule has 141 heavy (non-hydrogen) atoms. The average molecular weight is 1970 g/mol. The minimum absolute atomic E-state index is 0.0134. The van der Waals surface area contributed by atoms with E-state index in [1.807, 2.05) is 5.32 Å². The number of rotatable bonds is 54. The van der Waals surface area contributed by atoms with Crippen LogP contribution in [0.5, 0.6) is 23.0 Å². The number of phenolic OH excluding ortho intramolecular Hbond substituents is 4. The molecule has 49 nitrogen and oxygen atoms in total. The Bertz CT molecular complexity index is 5470. The van der Waals surface area contributed by atoms with Gasteiger partial charge in [0.15, 0.2) is 0 Å². The number of aliphatic hydroxyl groups excluding tert-OH is 3. The Kier molecular flexibility index (Phi) is 42.7. The SMILES string of the molecule is CC[C@H](C)[C@H](NC(=O)[C@@H](N)Cc1ccc(O)cc1)C(=O)N[C@@H](Cc1ccc(O)cc1)C(=O)N1CCC[C@H]1C(=O)N[C@@H](CC(=O)O)C(=O)N[C@@H](Cc1ccc(O)cc1)C(=O)NCC(=O)N[C@@H](CO)C(=O)N[C@H](C(=O)N[C@@H](CC(=O)O)C(=O)N[C@@H](Cc1ccc(O)cc1)C(=O)N[C@@H](C)C(=O)N[C@@H](CO)C(=O)N[C@@H](Cc1c[nH]c2ccccc12)C(=O)N[C@H](C(=O)N[C@@H](CC(N)=O)C(=O)NCC(=O)O)C(C)C)[C@@H](C)O. The van der Waals surface area contributed by atoms with Crippen molar-refractivity contribution >= 4 is 129 Å². The maximum absolute atomic E-state index is 14.9. The van der Waals surface area contributed by atoms with Crippen molar-refractivity contribution in [2.45, 2.75) is 209 Å². The van der Waals surface area contributed by atoms with Crippen LogP contribution in [0.3, 0.4) is 0 Å². The summed E-state index contributed by atoms with van der Waals surface area (Å²) in [6, 6.07) is 2.19. The van der Waals surface area contributed by atoms with E-state index < -0.39 is 285 Å². The number of hydrogen-bond acceptors (Lipinski definition) is 28. The van der Waals surface area contributed by atoms with Gasteiger partial charge < -0.3 is 152 Å². The lowest BCUT2D eigenvalue weighted by molar-refractivity contribution is -0.144. The molecule has 1 saturated heterocycles. The molecular weight excluding hydrogens is 1850 g/mol. The van der Waals surface area contributed by atoms with E-state index in [1.165, 1.54) is 105 Å². The summed E-state index contributed by atoms with van der Waals surface area (Å²) in [5, 5.41) is 137. The number of primary amides is 1. The number of carboxylic acid groups (broad SMARTS) is 3. The van der Waals surface area contributed by atoms with E-state index in [-0.39, 0.29) is 72.8 Å². The van der Waals surface area contributed by atoms with Gasteiger partial charge >= 0.3 is 17.9 Å². The molecule has 2 heterocycles. The molecule has 762 valence electrons. The highest BCUT2D eigenvalue weighted by Gasteiger charge is 2.44. The van der Waals surface area contributed by atoms with E-state index in [2.05, 4.69) is 79.4 Å². The number of aromatic amines is 1. The lowest BCUT2D eigenvalue weighted by Crippen LogP contribution is -2.62. The number of benzene rings is 5. The average Bonchev–Trinajstić information content (AvgIpc) is 1.77. The van der Waals surface area contributed by atoms with Gasteiger partial charge in [0.1, 0.15) is 114 Å². The molecule has 0 saturated carbocycles. The van der Waals surface area contributed by atoms with Crippen molar-refractivity contribution in [1.29, 1.82) is 0 Å². The zero-order chi connectivity index (χ0) is 104. The molecule has 17 atom stereocenters. The quantitative estimate of drug-likeness (QED) is 0.0169. The number of para-hydroxylation sites is 1. The summed E-state index contributed by atoms with van der Waals surface area (Å²) in [6.07, 6.45) is -4.83. The number of nitrogens with one attached hydrogen (secondary N) is 16. The van der Waals surface area contributed by atoms with Crippen LogP contribution in [-0.2, 0) is 128 Å². The van der Waals surface area contributed by atoms with Crippen molar-refractivity contribution in [1.82, 2.24) is 89.6 Å². The van der Waals surface area contributed by atoms with Crippen LogP contribution < -0.4 is 91.2 Å². The fourth-order valence-corrected chi connectivity index (χ4v) is 14.8. The molecule has 0 bridgehead atoms. The van der Waals surface area contributed by atoms with Crippen LogP contribution >= 0.6 is 0 Å². The van der Waals surface area contributed by atoms with Crippen LogP contribution in [0.4, 0.5) is 0 Å². The Morgan fingerprint density at radius 1 is 0.404 bits per heavy atom. The Labute approximate surface area is 805 Å². The first-order valence-electron chi connectivity index (χ1n) is 44.7. The zero-order valence-corrected chi connectivity index (χ0v) is 77.6. The van der Waals surface area contributed by atoms with Gasteiger partial charge in [-0.15, -0.1) is 0 Å². The molecule has 1 aliphatic heterocycles. The lowest BCUT2D eigenvalue weighted by atomic mass is 9.96. The lowest BCUT2D eigenvalue weighted by Gasteiger charge is -2.32. The first-order valence-corrected chi connectivity index (χ1v) is 44.7. The first-order chi connectivity index (χ1) is 66.6. The molecule has 30 N–H and O–H groups in total. The summed E-state index contributed by atoms with van der Waals surface area (Å²) in [6.45, 7) is 3.82. The second-order valence-corrected chi connectivity index (χ2v) is 34.1. The number of hydrogen-bond donors (Lipinski definition) is 28. The molecule has 0 spiro atoms. The smallest absolute Gasteiger partial charge is 0.322 e. The fourth-order valence-electron chi connectivity index (χ4n) is 14.8. The second-order valence-electron chi connectivity index (χ2n) is 34.1. The fraction of sp³-hybridized carbons (Fsp3) is 0.435. The maximum atomic E-state index is 14.9. The van der Waals surface area contributed by atoms with E-state index in [1.54, 1.807) is 50.2 Å². The number of carboxylic acids is 3. The number of aliphatic carboxylic acids is 3. The van der Waals surface area contributed by atoms with Crippen molar-refractivity contribution in [2.75, 3.05) is 32.8 Å². The number of carbonyl (C=O) groups excluding carboxylic acids is 17. The molecule has 1 aliphatic rings. The summed E-state index contributed by atoms with van der Waals surface area (Å²) >= 11 is 0. The molecule has 17 amide bonds. The highest BCUT2D eigenvalue weighted by atomic mass is 16.4. The molecule has 0 aliphatic carbocycles. The molecule has 6 aromatic rings. The number of fused-ring (bicyclic) bond motifs is 1. The molecule has 49 heteroatoms. The zero-order valence-electron chi connectivity index (χ0n) is 77.6. The minimum Gasteiger partial charge on any atom is -0.508 e. The minimum atomic E-state index is -2.22. The third-order valence-corrected chi connectivity index (χ3v) is 22.7. The van der Waals surface area contributed by atoms with Gasteiger partial charge in [0.2, 0.25) is 100 Å². The Hall–Kier alpha value is -15.9. The third kappa shape index (κ3) is 34.9. The molecule has 7 rings (SSSR count). The van der Waals surface area contributed by atoms with E-state index in [4.69, 9.17) is 16.6 Å². The number of likely N-dealkylation sites (tertiary alicyclic amines) is 1. The second kappa shape index (κ2) is 53.7. The standard InChI is InChI=1S/C92H119N19O30/c1-7-45(4)76(109-79(128)58(93)31-48-14-22-53(115)23-15-48)90(139)106-66(34-51-20-28-56(118)29-21-51)92(141)111-30-10-13-69(111)88(137)103-64(37-72(121)122)83(132)100-60(32-49-16-24-54(116)25-17-49)80(129)96-40-71(120)99-67(42-112)87(136)110-77(47(6)114)91(140)105-65(38-73(123)124)84(133)101-61(33-50-18-26-55(117)27-19-50)82(131)98-46(5)78(127)107-68(43-113)86(135)102-62(35-52-39-95-59-12-9-8-11-57(52)59)85(134)108-75(44(2)3)89(138)104-63(36-70(94)119)81(130)97-41-74(125)126/h8-9,11-12,14-29,39,44-47,58,60-69,75-77,95,112-118H,7,10,13,30-38,40-43,93H2,1-6H3,(H2,94,119)(H,96,129)(H,97,130)(H,98,131)(H,99,120)(H,100,132)(H,101,133)(H,102,135)(H,103,137)(H,104,138)(H,105,140)(H,106,139)(H,107,127)(H,108,134)(H,109,128)(H,110,136)(H,121,122)(H,123,124)(H,125,126)/t45-,46-,47+,58-,60-,61-,62-,63-,64-,65-,66-,67-,68-,69-,75-,76-,77-/m0/s1. The predicted molar refractivity (Wildman–Crippen MR) is 495 cm³/mol. The van der Waals surface area contributed by atoms with Gasteiger partial charge in [-0.05, 0) is 127 Å². The van der Waals surface area contributed by atoms with Gasteiger partial charge in [-0.1, -0.05) is 101 Å². The Morgan fingerprint density at radius 3 is 1.28 bits per heavy atom. The largest absolute Gasteiger partial charge is 0.508 e. The van der Waals surface area contributed by atoms with Crippen LogP contribution in [0.1, 0.15) is 108 Å². The van der Waals surface area contributed by atoms with Gasteiger partial charge in [-0.2, -0.15) is 0 Å². The van der Waals surface area contributed by atoms with Gasteiger partial charge in [-0.25, -0.2) is 0 Å². The van der Waals surface area contributed by atoms with Gasteiger partial charge in [0.05, 0.1) is 51.2 Å². The first kappa shape index (κ1) is 112. The Morgan fingerprint density at radius 2 is 0.794 bits per heavy atom. The molecule has 0 unspecified atom stereocenters. The number of phenols is 4. The predicted octanol–water partition coefficient (Wildman–Crippen LogP) is -6.65. The van der Waals surface area contributed by atoms with Crippen molar-refractivity contribution < 1.29 is 147 Å². The Balaban J connectivity index is 1.01. The molecule has 5 aromatic carbocycles. The normalized spacial score (nSPS) is 15.6. The van der Waals surface area contributed by atoms with Crippen molar-refractivity contribution in [3.05, 3.63) is 155 Å². The number of nitrogens with two attached hydrogens (primary N) is 2. The monoisotopic (exact) mass is 1970 g/mol. The summed E-state index contributed by atoms with van der Waals surface area (Å²) in [5.41, 5.74) is 14.0. The van der Waals surface area contributed by atoms with Crippen molar-refractivity contribution in [3.63, 3.8) is 0 Å². The van der Waals surface area contributed by atoms with Gasteiger partial charge in [0, 0.05) is 49.3 Å². The van der Waals surface area contributed by atoms with E-state index in [0.717, 1.165) is 18.7 Å². The summed E-state index contributed by atoms with van der Waals surface area (Å²) in [5.74, 6) is -26.5. The van der Waals surface area contributed by atoms with E-state index >= 15 is 0 Å². The van der Waals surface area contributed by atoms with Crippen LogP contribution in [0.2, 0.25) is 0 Å². The van der Waals surface area contributed by atoms with Crippen LogP contribution in [0.15, 0.2) is 128 Å². The van der Waals surface area contributed by atoms with Crippen molar-refractivity contribution in [2.24, 2.45) is 23.3 Å². The third-order valence-electron chi connectivity index (χ3n) is 22.7. The number of aromatic nitrogens is 1. The maximum Gasteiger partial charge on any atom is 0.322 e. The van der Waals surface area contributed by atoms with E-state index in [9.17, 15) is 142 Å².